The van der Waals surface area contributed by atoms with Crippen molar-refractivity contribution in [2.75, 3.05) is 11.4 Å². The van der Waals surface area contributed by atoms with Crippen molar-refractivity contribution in [3.05, 3.63) is 57.2 Å². The third-order valence-corrected chi connectivity index (χ3v) is 6.30. The van der Waals surface area contributed by atoms with Gasteiger partial charge in [-0.3, -0.25) is 4.98 Å². The summed E-state index contributed by atoms with van der Waals surface area (Å²) in [6.07, 6.45) is 2.77. The van der Waals surface area contributed by atoms with Gasteiger partial charge in [-0.1, -0.05) is 23.2 Å². The third-order valence-electron chi connectivity index (χ3n) is 5.34. The molecule has 4 rings (SSSR count). The van der Waals surface area contributed by atoms with E-state index in [2.05, 4.69) is 15.0 Å². The normalized spacial score (nSPS) is 19.2. The minimum absolute atomic E-state index is 0.121. The molecule has 0 aliphatic carbocycles. The minimum Gasteiger partial charge on any atom is -0.477 e. The molecule has 1 aliphatic rings. The van der Waals surface area contributed by atoms with Crippen molar-refractivity contribution in [1.82, 2.24) is 15.0 Å². The number of nitrogens with zero attached hydrogens (tertiary/aromatic N) is 3. The van der Waals surface area contributed by atoms with Crippen LogP contribution < -0.4 is 10.6 Å². The summed E-state index contributed by atoms with van der Waals surface area (Å²) in [5.41, 5.74) is 7.91. The fourth-order valence-corrected chi connectivity index (χ4v) is 4.31. The SMILES string of the molecule is Cc1[nH]c(C2CCN(c3nc(C(=O)O)cc4ccncc34)C(N)C2=C=O)c(Cl)c1Cl. The maximum absolute atomic E-state index is 11.9. The molecule has 30 heavy (non-hydrogen) atoms. The van der Waals surface area contributed by atoms with Crippen LogP contribution >= 0.6 is 23.2 Å². The lowest BCUT2D eigenvalue weighted by atomic mass is 9.87. The number of hydrogen-bond acceptors (Lipinski definition) is 6. The lowest BCUT2D eigenvalue weighted by molar-refractivity contribution is 0.0690. The van der Waals surface area contributed by atoms with Crippen molar-refractivity contribution < 1.29 is 14.7 Å². The molecule has 2 atom stereocenters. The summed E-state index contributed by atoms with van der Waals surface area (Å²) in [5, 5.41) is 11.5. The van der Waals surface area contributed by atoms with Gasteiger partial charge in [0.2, 0.25) is 0 Å². The van der Waals surface area contributed by atoms with Gasteiger partial charge in [0.05, 0.1) is 15.6 Å². The number of nitrogens with one attached hydrogen (secondary N) is 1. The molecule has 0 bridgehead atoms. The third kappa shape index (κ3) is 3.24. The summed E-state index contributed by atoms with van der Waals surface area (Å²) >= 11 is 12.6. The topological polar surface area (TPSA) is 125 Å². The van der Waals surface area contributed by atoms with E-state index in [0.717, 1.165) is 0 Å². The molecule has 154 valence electrons. The predicted molar refractivity (Wildman–Crippen MR) is 114 cm³/mol. The number of aromatic carboxylic acids is 1. The van der Waals surface area contributed by atoms with E-state index < -0.39 is 12.1 Å². The van der Waals surface area contributed by atoms with E-state index in [1.165, 1.54) is 6.07 Å². The molecule has 0 amide bonds. The molecule has 4 N–H and O–H groups in total. The molecule has 0 radical (unpaired) electrons. The molecule has 2 unspecified atom stereocenters. The lowest BCUT2D eigenvalue weighted by Gasteiger charge is -2.39. The summed E-state index contributed by atoms with van der Waals surface area (Å²) < 4.78 is 0. The molecule has 4 heterocycles. The molecule has 3 aromatic rings. The zero-order chi connectivity index (χ0) is 21.6. The smallest absolute Gasteiger partial charge is 0.354 e. The highest BCUT2D eigenvalue weighted by Crippen LogP contribution is 2.42. The fourth-order valence-electron chi connectivity index (χ4n) is 3.84. The Balaban J connectivity index is 1.79. The maximum atomic E-state index is 11.9. The monoisotopic (exact) mass is 445 g/mol. The largest absolute Gasteiger partial charge is 0.477 e. The van der Waals surface area contributed by atoms with Gasteiger partial charge in [0.1, 0.15) is 17.9 Å². The number of carbonyl (C=O) groups excluding carboxylic acids is 1. The van der Waals surface area contributed by atoms with Crippen molar-refractivity contribution in [1.29, 1.82) is 0 Å². The first kappa shape index (κ1) is 20.4. The van der Waals surface area contributed by atoms with Crippen molar-refractivity contribution in [3.63, 3.8) is 0 Å². The molecule has 3 aromatic heterocycles. The summed E-state index contributed by atoms with van der Waals surface area (Å²) in [4.78, 5) is 36.7. The zero-order valence-electron chi connectivity index (χ0n) is 15.8. The number of carboxylic acids is 1. The van der Waals surface area contributed by atoms with E-state index in [9.17, 15) is 14.7 Å². The number of piperidine rings is 1. The average Bonchev–Trinajstić information content (AvgIpc) is 3.00. The Hall–Kier alpha value is -2.90. The second-order valence-corrected chi connectivity index (χ2v) is 7.82. The number of pyridine rings is 2. The van der Waals surface area contributed by atoms with Crippen LogP contribution in [0.15, 0.2) is 30.1 Å². The summed E-state index contributed by atoms with van der Waals surface area (Å²) in [6.45, 7) is 2.20. The fraction of sp³-hybridized carbons (Fsp3) is 0.250. The number of aryl methyl sites for hydroxylation is 1. The number of aromatic amines is 1. The summed E-state index contributed by atoms with van der Waals surface area (Å²) in [7, 11) is 0. The molecule has 1 fully saturated rings. The number of nitrogens with two attached hydrogens (primary N) is 1. The van der Waals surface area contributed by atoms with Crippen LogP contribution in [-0.4, -0.2) is 44.7 Å². The number of rotatable bonds is 3. The van der Waals surface area contributed by atoms with Gasteiger partial charge in [0.15, 0.2) is 5.69 Å². The van der Waals surface area contributed by atoms with Crippen LogP contribution in [0.4, 0.5) is 5.82 Å². The average molecular weight is 446 g/mol. The molecule has 0 spiro atoms. The van der Waals surface area contributed by atoms with Gasteiger partial charge < -0.3 is 20.7 Å². The van der Waals surface area contributed by atoms with E-state index >= 15 is 0 Å². The first-order valence-corrected chi connectivity index (χ1v) is 9.87. The van der Waals surface area contributed by atoms with E-state index in [-0.39, 0.29) is 17.2 Å². The van der Waals surface area contributed by atoms with E-state index in [1.54, 1.807) is 30.3 Å². The Morgan fingerprint density at radius 3 is 2.80 bits per heavy atom. The van der Waals surface area contributed by atoms with Crippen LogP contribution in [-0.2, 0) is 4.79 Å². The molecule has 0 aromatic carbocycles. The second kappa shape index (κ2) is 7.74. The lowest BCUT2D eigenvalue weighted by Crippen LogP contribution is -2.50. The number of halogens is 2. The van der Waals surface area contributed by atoms with Crippen molar-refractivity contribution in [2.24, 2.45) is 5.73 Å². The van der Waals surface area contributed by atoms with E-state index in [4.69, 9.17) is 28.9 Å². The summed E-state index contributed by atoms with van der Waals surface area (Å²) in [5.74, 6) is 0.764. The van der Waals surface area contributed by atoms with Gasteiger partial charge in [0, 0.05) is 41.6 Å². The van der Waals surface area contributed by atoms with Crippen LogP contribution in [0.1, 0.15) is 34.2 Å². The van der Waals surface area contributed by atoms with Crippen molar-refractivity contribution >= 4 is 51.7 Å². The first-order valence-electron chi connectivity index (χ1n) is 9.12. The van der Waals surface area contributed by atoms with Gasteiger partial charge in [0.25, 0.3) is 0 Å². The predicted octanol–water partition coefficient (Wildman–Crippen LogP) is 3.31. The maximum Gasteiger partial charge on any atom is 0.354 e. The molecular weight excluding hydrogens is 429 g/mol. The highest BCUT2D eigenvalue weighted by atomic mass is 35.5. The van der Waals surface area contributed by atoms with Gasteiger partial charge >= 0.3 is 5.97 Å². The van der Waals surface area contributed by atoms with Crippen LogP contribution in [0, 0.1) is 6.92 Å². The molecule has 0 saturated carbocycles. The Morgan fingerprint density at radius 1 is 1.40 bits per heavy atom. The second-order valence-electron chi connectivity index (χ2n) is 7.06. The van der Waals surface area contributed by atoms with Crippen LogP contribution in [0.25, 0.3) is 10.8 Å². The molecule has 10 heteroatoms. The Kier molecular flexibility index (Phi) is 5.26. The molecular formula is C20H17Cl2N5O3. The van der Waals surface area contributed by atoms with Gasteiger partial charge in [-0.15, -0.1) is 0 Å². The standard InChI is InChI=1S/C20H17Cl2N5O3/c1-9-15(21)16(22)17(25-9)11-3-5-27(18(23)13(11)8-28)19-12-7-24-4-2-10(12)6-14(26-19)20(29)30/h2,4,6-7,11,18,25H,3,5,23H2,1H3,(H,29,30). The number of aromatic nitrogens is 3. The van der Waals surface area contributed by atoms with Crippen LogP contribution in [0.2, 0.25) is 10.0 Å². The molecule has 1 saturated heterocycles. The Labute approximate surface area is 181 Å². The Bertz CT molecular complexity index is 1220. The van der Waals surface area contributed by atoms with Crippen molar-refractivity contribution in [3.8, 4) is 0 Å². The van der Waals surface area contributed by atoms with E-state index in [0.29, 0.717) is 51.0 Å². The summed E-state index contributed by atoms with van der Waals surface area (Å²) in [6, 6.07) is 3.17. The highest BCUT2D eigenvalue weighted by Gasteiger charge is 2.37. The zero-order valence-corrected chi connectivity index (χ0v) is 17.3. The molecule has 1 aliphatic heterocycles. The minimum atomic E-state index is -1.16. The van der Waals surface area contributed by atoms with Crippen molar-refractivity contribution in [2.45, 2.75) is 25.4 Å². The Morgan fingerprint density at radius 2 is 2.17 bits per heavy atom. The quantitative estimate of drug-likeness (QED) is 0.527. The highest BCUT2D eigenvalue weighted by molar-refractivity contribution is 6.43. The van der Waals surface area contributed by atoms with Gasteiger partial charge in [-0.2, -0.15) is 0 Å². The van der Waals surface area contributed by atoms with Gasteiger partial charge in [-0.25, -0.2) is 14.6 Å². The van der Waals surface area contributed by atoms with Crippen LogP contribution in [0.3, 0.4) is 0 Å². The molecule has 8 nitrogen and oxygen atoms in total. The number of anilines is 1. The number of H-pyrrole nitrogens is 1. The van der Waals surface area contributed by atoms with E-state index in [1.807, 2.05) is 5.94 Å². The number of hydrogen-bond donors (Lipinski definition) is 3. The van der Waals surface area contributed by atoms with Crippen LogP contribution in [0.5, 0.6) is 0 Å². The van der Waals surface area contributed by atoms with Gasteiger partial charge in [-0.05, 0) is 30.9 Å². The number of carbonyl (C=O) groups is 1. The first-order chi connectivity index (χ1) is 14.3. The number of carboxylic acid groups (broad SMARTS) is 1. The number of fused-ring (bicyclic) bond motifs is 1.